The van der Waals surface area contributed by atoms with Gasteiger partial charge in [-0.2, -0.15) is 0 Å². The molecule has 146 valence electrons. The minimum Gasteiger partial charge on any atom is -0.369 e. The Morgan fingerprint density at radius 1 is 0.963 bits per heavy atom. The summed E-state index contributed by atoms with van der Waals surface area (Å²) in [6, 6.07) is 5.65. The Balaban J connectivity index is 1.43. The third kappa shape index (κ3) is 5.37. The van der Waals surface area contributed by atoms with Gasteiger partial charge in [-0.1, -0.05) is 23.2 Å². The molecule has 1 N–H and O–H groups in total. The summed E-state index contributed by atoms with van der Waals surface area (Å²) in [5, 5.41) is 1.32. The Hall–Kier alpha value is -1.76. The van der Waals surface area contributed by atoms with Crippen LogP contribution in [0.25, 0.3) is 0 Å². The smallest absolute Gasteiger partial charge is 0.328 e. The van der Waals surface area contributed by atoms with Crippen molar-refractivity contribution in [2.75, 3.05) is 37.6 Å². The van der Waals surface area contributed by atoms with Crippen molar-refractivity contribution in [3.63, 3.8) is 0 Å². The molecular weight excluding hydrogens is 387 g/mol. The van der Waals surface area contributed by atoms with Crippen molar-refractivity contribution in [3.05, 3.63) is 60.8 Å². The molecule has 1 aliphatic rings. The fraction of sp³-hybridized carbons (Fsp3) is 0.474. The highest BCUT2D eigenvalue weighted by Crippen LogP contribution is 2.26. The minimum absolute atomic E-state index is 0.310. The summed E-state index contributed by atoms with van der Waals surface area (Å²) in [6.07, 6.45) is 3.54. The molecule has 1 fully saturated rings. The lowest BCUT2D eigenvalue weighted by Crippen LogP contribution is -2.46. The van der Waals surface area contributed by atoms with Crippen LogP contribution in [0.2, 0.25) is 10.0 Å². The number of piperazine rings is 1. The van der Waals surface area contributed by atoms with Crippen LogP contribution < -0.4 is 16.1 Å². The first-order valence-corrected chi connectivity index (χ1v) is 9.92. The quantitative estimate of drug-likeness (QED) is 0.743. The standard InChI is InChI=1S/C19H24Cl2N4O2/c1-14-13-25(19(27)22-18(14)26)5-3-2-4-23-6-8-24(9-7-23)17-11-15(20)10-16(21)12-17/h10-13H,2-9H2,1H3,(H,22,26,27). The third-order valence-electron chi connectivity index (χ3n) is 4.90. The zero-order valence-corrected chi connectivity index (χ0v) is 16.9. The van der Waals surface area contributed by atoms with E-state index in [4.69, 9.17) is 23.2 Å². The van der Waals surface area contributed by atoms with Gasteiger partial charge in [-0.25, -0.2) is 4.79 Å². The lowest BCUT2D eigenvalue weighted by atomic mass is 10.2. The Morgan fingerprint density at radius 3 is 2.26 bits per heavy atom. The summed E-state index contributed by atoms with van der Waals surface area (Å²) in [4.78, 5) is 30.3. The lowest BCUT2D eigenvalue weighted by molar-refractivity contribution is 0.251. The second-order valence-corrected chi connectivity index (χ2v) is 7.80. The number of hydrogen-bond donors (Lipinski definition) is 1. The Kier molecular flexibility index (Phi) is 6.63. The van der Waals surface area contributed by atoms with E-state index in [2.05, 4.69) is 14.8 Å². The van der Waals surface area contributed by atoms with E-state index in [1.165, 1.54) is 0 Å². The zero-order valence-electron chi connectivity index (χ0n) is 15.4. The molecule has 0 aliphatic carbocycles. The van der Waals surface area contributed by atoms with Gasteiger partial charge in [0, 0.05) is 60.2 Å². The Labute approximate surface area is 168 Å². The van der Waals surface area contributed by atoms with Gasteiger partial charge in [0.05, 0.1) is 0 Å². The van der Waals surface area contributed by atoms with Crippen LogP contribution in [0.3, 0.4) is 0 Å². The molecule has 6 nitrogen and oxygen atoms in total. The number of anilines is 1. The van der Waals surface area contributed by atoms with Gasteiger partial charge >= 0.3 is 5.69 Å². The molecule has 0 spiro atoms. The number of hydrogen-bond acceptors (Lipinski definition) is 4. The molecule has 1 aromatic carbocycles. The van der Waals surface area contributed by atoms with Gasteiger partial charge in [0.2, 0.25) is 0 Å². The first-order valence-electron chi connectivity index (χ1n) is 9.16. The normalized spacial score (nSPS) is 15.3. The van der Waals surface area contributed by atoms with Crippen molar-refractivity contribution < 1.29 is 0 Å². The molecule has 8 heteroatoms. The Bertz CT molecular complexity index is 881. The molecule has 27 heavy (non-hydrogen) atoms. The van der Waals surface area contributed by atoms with E-state index in [0.29, 0.717) is 22.2 Å². The average molecular weight is 411 g/mol. The predicted molar refractivity (Wildman–Crippen MR) is 110 cm³/mol. The number of benzene rings is 1. The number of H-pyrrole nitrogens is 1. The highest BCUT2D eigenvalue weighted by Gasteiger charge is 2.17. The molecule has 0 atom stereocenters. The van der Waals surface area contributed by atoms with Crippen LogP contribution in [0.4, 0.5) is 5.69 Å². The fourth-order valence-electron chi connectivity index (χ4n) is 3.35. The third-order valence-corrected chi connectivity index (χ3v) is 5.33. The van der Waals surface area contributed by atoms with E-state index in [0.717, 1.165) is 51.3 Å². The van der Waals surface area contributed by atoms with E-state index in [9.17, 15) is 9.59 Å². The van der Waals surface area contributed by atoms with Crippen molar-refractivity contribution >= 4 is 28.9 Å². The predicted octanol–water partition coefficient (Wildman–Crippen LogP) is 2.75. The van der Waals surface area contributed by atoms with Crippen LogP contribution in [-0.4, -0.2) is 47.2 Å². The first-order chi connectivity index (χ1) is 12.9. The van der Waals surface area contributed by atoms with Crippen LogP contribution in [0.15, 0.2) is 34.0 Å². The van der Waals surface area contributed by atoms with Gasteiger partial charge in [0.15, 0.2) is 0 Å². The number of nitrogens with one attached hydrogen (secondary N) is 1. The summed E-state index contributed by atoms with van der Waals surface area (Å²) in [5.74, 6) is 0. The topological polar surface area (TPSA) is 61.3 Å². The average Bonchev–Trinajstić information content (AvgIpc) is 2.62. The van der Waals surface area contributed by atoms with Crippen molar-refractivity contribution in [1.29, 1.82) is 0 Å². The van der Waals surface area contributed by atoms with E-state index in [1.54, 1.807) is 23.8 Å². The summed E-state index contributed by atoms with van der Waals surface area (Å²) in [6.45, 7) is 7.19. The minimum atomic E-state index is -0.334. The number of aromatic nitrogens is 2. The number of nitrogens with zero attached hydrogens (tertiary/aromatic N) is 3. The summed E-state index contributed by atoms with van der Waals surface area (Å²) >= 11 is 12.2. The van der Waals surface area contributed by atoms with Crippen LogP contribution in [-0.2, 0) is 6.54 Å². The maximum Gasteiger partial charge on any atom is 0.328 e. The monoisotopic (exact) mass is 410 g/mol. The maximum absolute atomic E-state index is 11.8. The van der Waals surface area contributed by atoms with Crippen molar-refractivity contribution in [2.24, 2.45) is 0 Å². The number of aryl methyl sites for hydroxylation is 2. The summed E-state index contributed by atoms with van der Waals surface area (Å²) < 4.78 is 1.58. The van der Waals surface area contributed by atoms with Gasteiger partial charge in [0.25, 0.3) is 5.56 Å². The van der Waals surface area contributed by atoms with Crippen LogP contribution in [0.1, 0.15) is 18.4 Å². The van der Waals surface area contributed by atoms with Gasteiger partial charge < -0.3 is 9.47 Å². The van der Waals surface area contributed by atoms with E-state index in [-0.39, 0.29) is 11.2 Å². The Morgan fingerprint density at radius 2 is 1.59 bits per heavy atom. The molecule has 2 heterocycles. The first kappa shape index (κ1) is 20.0. The van der Waals surface area contributed by atoms with Gasteiger partial charge in [-0.05, 0) is 44.5 Å². The number of unbranched alkanes of at least 4 members (excludes halogenated alkanes) is 1. The van der Waals surface area contributed by atoms with E-state index < -0.39 is 0 Å². The zero-order chi connectivity index (χ0) is 19.4. The van der Waals surface area contributed by atoms with Crippen LogP contribution >= 0.6 is 23.2 Å². The van der Waals surface area contributed by atoms with Crippen LogP contribution in [0, 0.1) is 6.92 Å². The molecule has 1 saturated heterocycles. The number of aromatic amines is 1. The van der Waals surface area contributed by atoms with Crippen molar-refractivity contribution in [1.82, 2.24) is 14.5 Å². The second-order valence-electron chi connectivity index (χ2n) is 6.93. The van der Waals surface area contributed by atoms with Gasteiger partial charge in [-0.15, -0.1) is 0 Å². The molecular formula is C19H24Cl2N4O2. The molecule has 0 bridgehead atoms. The number of halogens is 2. The van der Waals surface area contributed by atoms with Crippen molar-refractivity contribution in [2.45, 2.75) is 26.3 Å². The molecule has 0 saturated carbocycles. The van der Waals surface area contributed by atoms with Gasteiger partial charge in [0.1, 0.15) is 0 Å². The molecule has 1 aromatic heterocycles. The largest absolute Gasteiger partial charge is 0.369 e. The molecule has 3 rings (SSSR count). The molecule has 1 aliphatic heterocycles. The fourth-order valence-corrected chi connectivity index (χ4v) is 3.87. The van der Waals surface area contributed by atoms with E-state index in [1.807, 2.05) is 12.1 Å². The second kappa shape index (κ2) is 8.95. The highest BCUT2D eigenvalue weighted by atomic mass is 35.5. The highest BCUT2D eigenvalue weighted by molar-refractivity contribution is 6.35. The maximum atomic E-state index is 11.8. The number of rotatable bonds is 6. The SMILES string of the molecule is Cc1cn(CCCCN2CCN(c3cc(Cl)cc(Cl)c3)CC2)c(=O)[nH]c1=O. The summed E-state index contributed by atoms with van der Waals surface area (Å²) in [5.41, 5.74) is 0.987. The van der Waals surface area contributed by atoms with E-state index >= 15 is 0 Å². The van der Waals surface area contributed by atoms with Crippen molar-refractivity contribution in [3.8, 4) is 0 Å². The molecule has 0 radical (unpaired) electrons. The van der Waals surface area contributed by atoms with Gasteiger partial charge in [-0.3, -0.25) is 14.7 Å². The molecule has 2 aromatic rings. The summed E-state index contributed by atoms with van der Waals surface area (Å²) in [7, 11) is 0. The molecule has 0 amide bonds. The molecule has 0 unspecified atom stereocenters. The van der Waals surface area contributed by atoms with Crippen LogP contribution in [0.5, 0.6) is 0 Å². The lowest BCUT2D eigenvalue weighted by Gasteiger charge is -2.36.